The normalized spacial score (nSPS) is 12.4. The largest absolute Gasteiger partial charge is 0.416 e. The molecule has 4 rings (SSSR count). The first-order chi connectivity index (χ1) is 14.5. The van der Waals surface area contributed by atoms with E-state index in [4.69, 9.17) is 0 Å². The van der Waals surface area contributed by atoms with Crippen molar-refractivity contribution in [3.8, 4) is 11.3 Å². The highest BCUT2D eigenvalue weighted by Gasteiger charge is 2.31. The first-order valence-electron chi connectivity index (χ1n) is 8.80. The highest BCUT2D eigenvalue weighted by molar-refractivity contribution is 7.90. The van der Waals surface area contributed by atoms with E-state index in [2.05, 4.69) is 15.0 Å². The summed E-state index contributed by atoms with van der Waals surface area (Å²) in [6.45, 7) is 1.55. The van der Waals surface area contributed by atoms with Crippen molar-refractivity contribution >= 4 is 32.1 Å². The predicted molar refractivity (Wildman–Crippen MR) is 108 cm³/mol. The minimum absolute atomic E-state index is 0.0237. The smallest absolute Gasteiger partial charge is 0.245 e. The Labute approximate surface area is 178 Å². The van der Waals surface area contributed by atoms with Crippen molar-refractivity contribution in [3.05, 3.63) is 70.2 Å². The molecule has 160 valence electrons. The van der Waals surface area contributed by atoms with Crippen molar-refractivity contribution in [3.63, 3.8) is 0 Å². The van der Waals surface area contributed by atoms with Crippen LogP contribution in [-0.2, 0) is 21.8 Å². The van der Waals surface area contributed by atoms with Crippen LogP contribution >= 0.6 is 11.3 Å². The van der Waals surface area contributed by atoms with Crippen LogP contribution in [-0.4, -0.2) is 23.4 Å². The maximum absolute atomic E-state index is 13.1. The Morgan fingerprint density at radius 1 is 1.03 bits per heavy atom. The van der Waals surface area contributed by atoms with Gasteiger partial charge in [0.1, 0.15) is 17.1 Å². The Bertz CT molecular complexity index is 1400. The average molecular weight is 467 g/mol. The zero-order chi connectivity index (χ0) is 22.4. The van der Waals surface area contributed by atoms with E-state index < -0.39 is 32.5 Å². The lowest BCUT2D eigenvalue weighted by molar-refractivity contribution is -0.137. The van der Waals surface area contributed by atoms with Gasteiger partial charge in [-0.25, -0.2) is 23.4 Å². The van der Waals surface area contributed by atoms with Crippen LogP contribution in [0.15, 0.2) is 53.8 Å². The lowest BCUT2D eigenvalue weighted by Crippen LogP contribution is -2.06. The molecule has 0 saturated carbocycles. The van der Waals surface area contributed by atoms with Crippen LogP contribution in [0.3, 0.4) is 0 Å². The summed E-state index contributed by atoms with van der Waals surface area (Å²) >= 11 is 0.654. The second-order valence-corrected chi connectivity index (χ2v) is 9.80. The average Bonchev–Trinajstić information content (AvgIpc) is 3.10. The summed E-state index contributed by atoms with van der Waals surface area (Å²) in [6, 6.07) is 7.59. The molecule has 0 aliphatic carbocycles. The fourth-order valence-corrected chi connectivity index (χ4v) is 5.42. The van der Waals surface area contributed by atoms with Gasteiger partial charge < -0.3 is 0 Å². The molecule has 0 aliphatic heterocycles. The molecule has 0 atom stereocenters. The number of alkyl halides is 3. The van der Waals surface area contributed by atoms with Crippen molar-refractivity contribution < 1.29 is 26.0 Å². The molecule has 0 saturated heterocycles. The second kappa shape index (κ2) is 7.65. The van der Waals surface area contributed by atoms with Crippen molar-refractivity contribution in [2.45, 2.75) is 23.7 Å². The summed E-state index contributed by atoms with van der Waals surface area (Å²) in [6.07, 6.45) is -2.27. The van der Waals surface area contributed by atoms with Crippen molar-refractivity contribution in [2.75, 3.05) is 0 Å². The molecule has 0 fully saturated rings. The van der Waals surface area contributed by atoms with E-state index in [1.54, 1.807) is 6.92 Å². The number of halogens is 4. The molecule has 4 aromatic rings. The van der Waals surface area contributed by atoms with Crippen LogP contribution in [0.25, 0.3) is 22.2 Å². The molecule has 2 heterocycles. The summed E-state index contributed by atoms with van der Waals surface area (Å²) in [5.74, 6) is -0.455. The van der Waals surface area contributed by atoms with E-state index in [9.17, 15) is 26.0 Å². The molecular formula is C20H13F4N3O2S2. The van der Waals surface area contributed by atoms with E-state index in [0.717, 1.165) is 18.3 Å². The summed E-state index contributed by atoms with van der Waals surface area (Å²) in [4.78, 5) is 12.0. The molecular weight excluding hydrogens is 454 g/mol. The maximum atomic E-state index is 13.1. The Kier molecular flexibility index (Phi) is 5.26. The molecule has 5 nitrogen and oxygen atoms in total. The topological polar surface area (TPSA) is 72.8 Å². The Hall–Kier alpha value is -2.92. The number of rotatable bonds is 4. The maximum Gasteiger partial charge on any atom is 0.416 e. The van der Waals surface area contributed by atoms with Gasteiger partial charge in [0.15, 0.2) is 15.0 Å². The number of nitrogens with zero attached hydrogens (tertiary/aromatic N) is 3. The summed E-state index contributed by atoms with van der Waals surface area (Å²) in [5.41, 5.74) is 0.795. The van der Waals surface area contributed by atoms with Gasteiger partial charge in [0.25, 0.3) is 0 Å². The van der Waals surface area contributed by atoms with Crippen molar-refractivity contribution in [2.24, 2.45) is 0 Å². The third kappa shape index (κ3) is 4.28. The predicted octanol–water partition coefficient (Wildman–Crippen LogP) is 5.19. The first kappa shape index (κ1) is 21.3. The molecule has 0 spiro atoms. The van der Waals surface area contributed by atoms with Crippen LogP contribution in [0, 0.1) is 12.1 Å². The fraction of sp³-hybridized carbons (Fsp3) is 0.150. The molecule has 0 bridgehead atoms. The zero-order valence-corrected chi connectivity index (χ0v) is 17.4. The van der Waals surface area contributed by atoms with E-state index in [0.29, 0.717) is 39.1 Å². The van der Waals surface area contributed by atoms with Crippen LogP contribution in [0.2, 0.25) is 0 Å². The third-order valence-electron chi connectivity index (χ3n) is 4.61. The van der Waals surface area contributed by atoms with Gasteiger partial charge in [-0.15, -0.1) is 0 Å². The first-order valence-corrected chi connectivity index (χ1v) is 11.3. The van der Waals surface area contributed by atoms with Crippen molar-refractivity contribution in [1.29, 1.82) is 0 Å². The Balaban J connectivity index is 1.76. The molecule has 0 unspecified atom stereocenters. The third-order valence-corrected chi connectivity index (χ3v) is 7.21. The summed E-state index contributed by atoms with van der Waals surface area (Å²) < 4.78 is 77.4. The minimum Gasteiger partial charge on any atom is -0.245 e. The minimum atomic E-state index is -4.46. The van der Waals surface area contributed by atoms with Gasteiger partial charge in [0.2, 0.25) is 0 Å². The molecule has 0 amide bonds. The number of hydrogen-bond donors (Lipinski definition) is 0. The number of aromatic nitrogens is 3. The SMILES string of the molecule is Cc1cc(C(F)(F)F)ccc1-c1ncnc2cc(S(=O)(=O)Cc3ncc(F)s3)ccc12. The highest BCUT2D eigenvalue weighted by atomic mass is 32.2. The van der Waals surface area contributed by atoms with Crippen LogP contribution in [0.1, 0.15) is 16.1 Å². The van der Waals surface area contributed by atoms with Gasteiger partial charge in [0.05, 0.1) is 27.9 Å². The molecule has 2 aromatic heterocycles. The zero-order valence-electron chi connectivity index (χ0n) is 15.8. The number of benzene rings is 2. The van der Waals surface area contributed by atoms with E-state index in [1.165, 1.54) is 30.6 Å². The quantitative estimate of drug-likeness (QED) is 0.386. The van der Waals surface area contributed by atoms with Gasteiger partial charge >= 0.3 is 6.18 Å². The summed E-state index contributed by atoms with van der Waals surface area (Å²) in [7, 11) is -3.80. The Morgan fingerprint density at radius 2 is 1.81 bits per heavy atom. The fourth-order valence-electron chi connectivity index (χ4n) is 3.15. The number of hydrogen-bond acceptors (Lipinski definition) is 6. The molecule has 0 aliphatic rings. The Morgan fingerprint density at radius 3 is 2.45 bits per heavy atom. The monoisotopic (exact) mass is 467 g/mol. The lowest BCUT2D eigenvalue weighted by Gasteiger charge is -2.12. The van der Waals surface area contributed by atoms with E-state index >= 15 is 0 Å². The van der Waals surface area contributed by atoms with E-state index in [1.807, 2.05) is 0 Å². The lowest BCUT2D eigenvalue weighted by atomic mass is 9.99. The van der Waals surface area contributed by atoms with Gasteiger partial charge in [-0.3, -0.25) is 0 Å². The molecule has 0 radical (unpaired) electrons. The second-order valence-electron chi connectivity index (χ2n) is 6.75. The van der Waals surface area contributed by atoms with Crippen LogP contribution in [0.4, 0.5) is 17.6 Å². The van der Waals surface area contributed by atoms with Gasteiger partial charge in [-0.05, 0) is 42.8 Å². The number of sulfone groups is 1. The van der Waals surface area contributed by atoms with Crippen LogP contribution in [0.5, 0.6) is 0 Å². The summed E-state index contributed by atoms with van der Waals surface area (Å²) in [5, 5.41) is 0.0407. The molecule has 11 heteroatoms. The van der Waals surface area contributed by atoms with Gasteiger partial charge in [0, 0.05) is 10.9 Å². The molecule has 2 aromatic carbocycles. The van der Waals surface area contributed by atoms with Crippen molar-refractivity contribution in [1.82, 2.24) is 15.0 Å². The number of aryl methyl sites for hydroxylation is 1. The molecule has 31 heavy (non-hydrogen) atoms. The number of fused-ring (bicyclic) bond motifs is 1. The highest BCUT2D eigenvalue weighted by Crippen LogP contribution is 2.35. The molecule has 0 N–H and O–H groups in total. The van der Waals surface area contributed by atoms with E-state index in [-0.39, 0.29) is 9.90 Å². The van der Waals surface area contributed by atoms with Gasteiger partial charge in [-0.2, -0.15) is 17.6 Å². The standard InChI is InChI=1S/C20H13F4N3O2S2/c1-11-6-12(20(22,23)24)2-4-14(11)19-15-5-3-13(7-16(15)26-10-27-19)31(28,29)9-18-25-8-17(21)30-18/h2-8,10H,9H2,1H3. The van der Waals surface area contributed by atoms with Crippen LogP contribution < -0.4 is 0 Å². The van der Waals surface area contributed by atoms with Gasteiger partial charge in [-0.1, -0.05) is 17.4 Å². The number of thiazole rings is 1.